The molecule has 2 aromatic rings. The van der Waals surface area contributed by atoms with Crippen LogP contribution in [-0.2, 0) is 11.3 Å². The smallest absolute Gasteiger partial charge is 0.372 e. The Labute approximate surface area is 203 Å². The second-order valence-electron chi connectivity index (χ2n) is 6.83. The number of carbonyl (C=O) groups is 1. The molecule has 1 N–H and O–H groups in total. The summed E-state index contributed by atoms with van der Waals surface area (Å²) in [6, 6.07) is 7.84. The molecule has 0 aliphatic carbocycles. The molecule has 0 unspecified atom stereocenters. The van der Waals surface area contributed by atoms with Crippen molar-refractivity contribution in [3.8, 4) is 6.07 Å². The standard InChI is InChI=1S/C19H26N8OS.ClHO4/c1-6-26(7-2)15-9-10-16(17(13-15)21-14(3)28)22-23-18-27(12-8-11-20)24-19(29-18)25(4)5;2-1(3,4)5/h9-10,13H,6-8,12H2,1-5H3;(H,2,3,4,5). The molecule has 1 heterocycles. The number of azo groups is 1. The summed E-state index contributed by atoms with van der Waals surface area (Å²) in [5, 5.41) is 26.3. The van der Waals surface area contributed by atoms with Crippen molar-refractivity contribution in [2.75, 3.05) is 42.3 Å². The maximum atomic E-state index is 11.7. The van der Waals surface area contributed by atoms with Gasteiger partial charge in [0.25, 0.3) is 0 Å². The first-order valence-electron chi connectivity index (χ1n) is 10.0. The topological polar surface area (TPSA) is 193 Å². The van der Waals surface area contributed by atoms with E-state index in [1.165, 1.54) is 18.3 Å². The van der Waals surface area contributed by atoms with Crippen LogP contribution in [-0.4, -0.2) is 38.2 Å². The number of anilines is 3. The molecule has 0 saturated carbocycles. The van der Waals surface area contributed by atoms with E-state index in [1.54, 1.807) is 4.68 Å². The minimum Gasteiger partial charge on any atom is -0.372 e. The fraction of sp³-hybridized carbons (Fsp3) is 0.474. The van der Waals surface area contributed by atoms with Crippen molar-refractivity contribution < 1.29 is 38.4 Å². The third-order valence-corrected chi connectivity index (χ3v) is 5.19. The van der Waals surface area contributed by atoms with E-state index in [2.05, 4.69) is 45.5 Å². The molecule has 2 rings (SSSR count). The van der Waals surface area contributed by atoms with Gasteiger partial charge in [0.1, 0.15) is 12.2 Å². The zero-order valence-corrected chi connectivity index (χ0v) is 21.1. The Bertz CT molecular complexity index is 1010. The molecule has 13 nitrogen and oxygen atoms in total. The van der Waals surface area contributed by atoms with Crippen molar-refractivity contribution in [1.29, 1.82) is 5.26 Å². The molecule has 186 valence electrons. The Morgan fingerprint density at radius 3 is 2.35 bits per heavy atom. The summed E-state index contributed by atoms with van der Waals surface area (Å²) in [5.74, 6) is -0.171. The van der Waals surface area contributed by atoms with Crippen LogP contribution in [0.4, 0.5) is 27.3 Å². The van der Waals surface area contributed by atoms with Crippen LogP contribution in [0.25, 0.3) is 0 Å². The number of amides is 1. The highest BCUT2D eigenvalue weighted by molar-refractivity contribution is 7.18. The number of nitrogens with zero attached hydrogens (tertiary/aromatic N) is 7. The third kappa shape index (κ3) is 10.3. The van der Waals surface area contributed by atoms with Crippen molar-refractivity contribution in [1.82, 2.24) is 5.10 Å². The lowest BCUT2D eigenvalue weighted by atomic mass is 10.2. The zero-order valence-electron chi connectivity index (χ0n) is 19.5. The summed E-state index contributed by atoms with van der Waals surface area (Å²) in [6.45, 7) is 7.80. The Morgan fingerprint density at radius 1 is 1.24 bits per heavy atom. The van der Waals surface area contributed by atoms with Gasteiger partial charge in [-0.2, -0.15) is 5.26 Å². The molecule has 0 radical (unpaired) electrons. The average Bonchev–Trinajstić information content (AvgIpc) is 3.14. The predicted molar refractivity (Wildman–Crippen MR) is 115 cm³/mol. The molecule has 1 aromatic heterocycles. The fourth-order valence-corrected chi connectivity index (χ4v) is 3.44. The summed E-state index contributed by atoms with van der Waals surface area (Å²) in [6.07, 6.45) is 0.333. The highest BCUT2D eigenvalue weighted by atomic mass is 35.7. The van der Waals surface area contributed by atoms with E-state index in [1.807, 2.05) is 37.2 Å². The van der Waals surface area contributed by atoms with Crippen LogP contribution in [0.3, 0.4) is 0 Å². The maximum absolute atomic E-state index is 11.7. The molecule has 1 amide bonds. The molecule has 0 saturated heterocycles. The Kier molecular flexibility index (Phi) is 11.7. The van der Waals surface area contributed by atoms with Crippen LogP contribution >= 0.6 is 11.3 Å². The number of nitrogens with one attached hydrogen (secondary N) is 1. The molecule has 0 bridgehead atoms. The lowest BCUT2D eigenvalue weighted by molar-refractivity contribution is -2.00. The molecule has 15 heteroatoms. The number of hydrogen-bond donors (Lipinski definition) is 1. The maximum Gasteiger partial charge on any atom is 0.432 e. The van der Waals surface area contributed by atoms with Crippen LogP contribution in [0.5, 0.6) is 0 Å². The number of carbonyl (C=O) groups excluding carboxylic acids is 1. The van der Waals surface area contributed by atoms with E-state index >= 15 is 0 Å². The van der Waals surface area contributed by atoms with Gasteiger partial charge in [-0.05, 0) is 48.5 Å². The van der Waals surface area contributed by atoms with Crippen molar-refractivity contribution in [2.45, 2.75) is 33.7 Å². The van der Waals surface area contributed by atoms with Crippen molar-refractivity contribution >= 4 is 44.6 Å². The zero-order chi connectivity index (χ0) is 25.9. The molecular formula is C19H27ClN8O5S. The van der Waals surface area contributed by atoms with Crippen LogP contribution < -0.4 is 38.4 Å². The van der Waals surface area contributed by atoms with Crippen molar-refractivity contribution in [2.24, 2.45) is 10.2 Å². The summed E-state index contributed by atoms with van der Waals surface area (Å²) in [7, 11) is -1.15. The van der Waals surface area contributed by atoms with Gasteiger partial charge in [-0.3, -0.25) is 4.79 Å². The van der Waals surface area contributed by atoms with Crippen molar-refractivity contribution in [3.05, 3.63) is 18.2 Å². The molecule has 0 aliphatic heterocycles. The monoisotopic (exact) mass is 514 g/mol. The van der Waals surface area contributed by atoms with E-state index < -0.39 is 10.2 Å². The summed E-state index contributed by atoms with van der Waals surface area (Å²) >= 11 is 1.38. The van der Waals surface area contributed by atoms with E-state index in [4.69, 9.17) is 23.9 Å². The fourth-order valence-electron chi connectivity index (χ4n) is 2.64. The van der Waals surface area contributed by atoms with Gasteiger partial charge in [-0.15, -0.1) is 14.9 Å². The molecule has 1 aromatic carbocycles. The van der Waals surface area contributed by atoms with E-state index in [0.29, 0.717) is 29.5 Å². The SMILES string of the molecule is CCN(CC)c1ccc(N=Nc2sc(N(C)C)n[n+]2CCC#N)c(NC(C)=O)c1.[O-][Cl+3]([O-])([O-])[O-]. The normalized spacial score (nSPS) is 10.9. The van der Waals surface area contributed by atoms with Crippen LogP contribution in [0.1, 0.15) is 27.2 Å². The van der Waals surface area contributed by atoms with Gasteiger partial charge in [-0.1, -0.05) is 5.10 Å². The first-order chi connectivity index (χ1) is 15.9. The number of nitriles is 1. The van der Waals surface area contributed by atoms with Gasteiger partial charge >= 0.3 is 5.13 Å². The average molecular weight is 515 g/mol. The number of aromatic nitrogens is 2. The van der Waals surface area contributed by atoms with Gasteiger partial charge in [0.05, 0.1) is 23.3 Å². The lowest BCUT2D eigenvalue weighted by Crippen LogP contribution is -2.68. The van der Waals surface area contributed by atoms with Gasteiger partial charge in [-0.25, -0.2) is 18.6 Å². The Balaban J connectivity index is 0.00000104. The van der Waals surface area contributed by atoms with Gasteiger partial charge in [0.2, 0.25) is 11.0 Å². The quantitative estimate of drug-likeness (QED) is 0.318. The minimum absolute atomic E-state index is 0.171. The van der Waals surface area contributed by atoms with Gasteiger partial charge < -0.3 is 15.1 Å². The second-order valence-corrected chi connectivity index (χ2v) is 8.52. The highest BCUT2D eigenvalue weighted by Crippen LogP contribution is 2.32. The molecule has 0 spiro atoms. The highest BCUT2D eigenvalue weighted by Gasteiger charge is 2.20. The van der Waals surface area contributed by atoms with Gasteiger partial charge in [0, 0.05) is 39.8 Å². The van der Waals surface area contributed by atoms with E-state index in [9.17, 15) is 4.79 Å². The van der Waals surface area contributed by atoms with E-state index in [-0.39, 0.29) is 5.91 Å². The van der Waals surface area contributed by atoms with Crippen LogP contribution in [0.15, 0.2) is 28.4 Å². The van der Waals surface area contributed by atoms with Gasteiger partial charge in [0.15, 0.2) is 0 Å². The number of benzene rings is 1. The number of aryl methyl sites for hydroxylation is 1. The third-order valence-electron chi connectivity index (χ3n) is 4.09. The van der Waals surface area contributed by atoms with Crippen molar-refractivity contribution in [3.63, 3.8) is 0 Å². The predicted octanol–water partition coefficient (Wildman–Crippen LogP) is -1.13. The van der Waals surface area contributed by atoms with Crippen LogP contribution in [0.2, 0.25) is 0 Å². The molecule has 0 fully saturated rings. The second kappa shape index (κ2) is 13.7. The molecular weight excluding hydrogens is 488 g/mol. The number of hydrogen-bond acceptors (Lipinski definition) is 12. The van der Waals surface area contributed by atoms with E-state index in [0.717, 1.165) is 23.9 Å². The first-order valence-corrected chi connectivity index (χ1v) is 12.1. The summed E-state index contributed by atoms with van der Waals surface area (Å²) in [4.78, 5) is 15.7. The molecule has 0 atom stereocenters. The first kappa shape index (κ1) is 29.1. The Morgan fingerprint density at radius 2 is 1.85 bits per heavy atom. The lowest BCUT2D eigenvalue weighted by Gasteiger charge is -2.21. The summed E-state index contributed by atoms with van der Waals surface area (Å²) in [5.41, 5.74) is 2.17. The minimum atomic E-state index is -4.94. The molecule has 34 heavy (non-hydrogen) atoms. The number of rotatable bonds is 9. The van der Waals surface area contributed by atoms with Crippen LogP contribution in [0, 0.1) is 21.6 Å². The number of halogens is 1. The molecule has 0 aliphatic rings. The largest absolute Gasteiger partial charge is 0.432 e. The Hall–Kier alpha value is -2.93. The summed E-state index contributed by atoms with van der Waals surface area (Å²) < 4.78 is 35.6.